The predicted octanol–water partition coefficient (Wildman–Crippen LogP) is 5.28. The molecule has 0 aliphatic carbocycles. The smallest absolute Gasteiger partial charge is 0.226 e. The van der Waals surface area contributed by atoms with Crippen LogP contribution in [0.5, 0.6) is 0 Å². The normalized spacial score (nSPS) is 10.6. The molecule has 0 aliphatic heterocycles. The van der Waals surface area contributed by atoms with Gasteiger partial charge in [0.1, 0.15) is 5.82 Å². The van der Waals surface area contributed by atoms with Crippen LogP contribution in [0.3, 0.4) is 0 Å². The molecule has 0 spiro atoms. The molecule has 3 aromatic rings. The van der Waals surface area contributed by atoms with E-state index in [4.69, 9.17) is 0 Å². The number of aromatic nitrogens is 1. The van der Waals surface area contributed by atoms with Gasteiger partial charge in [-0.15, -0.1) is 11.3 Å². The van der Waals surface area contributed by atoms with E-state index in [1.807, 2.05) is 29.6 Å². The number of aryl methyl sites for hydroxylation is 1. The van der Waals surface area contributed by atoms with E-state index >= 15 is 0 Å². The molecule has 0 radical (unpaired) electrons. The highest BCUT2D eigenvalue weighted by atomic mass is 79.9. The molecule has 0 atom stereocenters. The topological polar surface area (TPSA) is 42.0 Å². The number of anilines is 1. The number of nitrogens with zero attached hydrogens (tertiary/aromatic N) is 1. The first-order valence-corrected chi connectivity index (χ1v) is 9.04. The van der Waals surface area contributed by atoms with Crippen molar-refractivity contribution in [2.75, 3.05) is 5.32 Å². The van der Waals surface area contributed by atoms with Gasteiger partial charge in [0.2, 0.25) is 5.91 Å². The van der Waals surface area contributed by atoms with Gasteiger partial charge >= 0.3 is 0 Å². The number of nitrogens with one attached hydrogen (secondary N) is 1. The van der Waals surface area contributed by atoms with Crippen LogP contribution in [0.15, 0.2) is 58.4 Å². The number of hydrogen-bond donors (Lipinski definition) is 1. The van der Waals surface area contributed by atoms with E-state index < -0.39 is 0 Å². The molecule has 0 fully saturated rings. The Labute approximate surface area is 151 Å². The summed E-state index contributed by atoms with van der Waals surface area (Å²) in [6.45, 7) is 0. The van der Waals surface area contributed by atoms with Gasteiger partial charge in [-0.2, -0.15) is 0 Å². The van der Waals surface area contributed by atoms with Crippen LogP contribution in [0.25, 0.3) is 11.3 Å². The molecular weight excluding hydrogens is 391 g/mol. The molecular formula is C18H14BrFN2OS. The fourth-order valence-corrected chi connectivity index (χ4v) is 3.43. The van der Waals surface area contributed by atoms with Crippen molar-refractivity contribution < 1.29 is 9.18 Å². The minimum absolute atomic E-state index is 0.0780. The van der Waals surface area contributed by atoms with Crippen molar-refractivity contribution in [2.45, 2.75) is 12.8 Å². The SMILES string of the molecule is O=C(CCc1ccccc1Br)Nc1nc(-c2ccc(F)cc2)cs1. The average Bonchev–Trinajstić information content (AvgIpc) is 3.03. The minimum Gasteiger partial charge on any atom is -0.302 e. The Morgan fingerprint density at radius 1 is 1.17 bits per heavy atom. The van der Waals surface area contributed by atoms with Gasteiger partial charge in [0.15, 0.2) is 5.13 Å². The van der Waals surface area contributed by atoms with Crippen molar-refractivity contribution in [1.82, 2.24) is 4.98 Å². The molecule has 2 aromatic carbocycles. The monoisotopic (exact) mass is 404 g/mol. The lowest BCUT2D eigenvalue weighted by atomic mass is 10.1. The third-order valence-corrected chi connectivity index (χ3v) is 5.00. The Morgan fingerprint density at radius 3 is 2.67 bits per heavy atom. The maximum atomic E-state index is 13.0. The summed E-state index contributed by atoms with van der Waals surface area (Å²) in [6, 6.07) is 14.0. The summed E-state index contributed by atoms with van der Waals surface area (Å²) in [5.74, 6) is -0.361. The summed E-state index contributed by atoms with van der Waals surface area (Å²) < 4.78 is 14.0. The largest absolute Gasteiger partial charge is 0.302 e. The van der Waals surface area contributed by atoms with Gasteiger partial charge in [0.05, 0.1) is 5.69 Å². The quantitative estimate of drug-likeness (QED) is 0.627. The second kappa shape index (κ2) is 7.68. The third kappa shape index (κ3) is 4.27. The number of rotatable bonds is 5. The van der Waals surface area contributed by atoms with Crippen LogP contribution in [-0.4, -0.2) is 10.9 Å². The highest BCUT2D eigenvalue weighted by Crippen LogP contribution is 2.25. The van der Waals surface area contributed by atoms with Crippen LogP contribution in [0.2, 0.25) is 0 Å². The summed E-state index contributed by atoms with van der Waals surface area (Å²) >= 11 is 4.83. The van der Waals surface area contributed by atoms with Crippen molar-refractivity contribution in [1.29, 1.82) is 0 Å². The molecule has 1 amide bonds. The summed E-state index contributed by atoms with van der Waals surface area (Å²) in [7, 11) is 0. The summed E-state index contributed by atoms with van der Waals surface area (Å²) in [4.78, 5) is 16.5. The Kier molecular flexibility index (Phi) is 5.37. The first-order chi connectivity index (χ1) is 11.6. The zero-order valence-corrected chi connectivity index (χ0v) is 15.0. The van der Waals surface area contributed by atoms with Crippen molar-refractivity contribution in [2.24, 2.45) is 0 Å². The minimum atomic E-state index is -0.283. The molecule has 0 aliphatic rings. The third-order valence-electron chi connectivity index (χ3n) is 3.47. The highest BCUT2D eigenvalue weighted by Gasteiger charge is 2.09. The zero-order valence-electron chi connectivity index (χ0n) is 12.6. The number of amides is 1. The number of carbonyl (C=O) groups excluding carboxylic acids is 1. The molecule has 1 N–H and O–H groups in total. The van der Waals surface area contributed by atoms with Crippen molar-refractivity contribution in [3.8, 4) is 11.3 Å². The summed E-state index contributed by atoms with van der Waals surface area (Å²) in [5.41, 5.74) is 2.64. The van der Waals surface area contributed by atoms with Crippen LogP contribution >= 0.6 is 27.3 Å². The Morgan fingerprint density at radius 2 is 1.92 bits per heavy atom. The number of thiazole rings is 1. The second-order valence-corrected chi connectivity index (χ2v) is 6.90. The zero-order chi connectivity index (χ0) is 16.9. The highest BCUT2D eigenvalue weighted by molar-refractivity contribution is 9.10. The number of benzene rings is 2. The molecule has 0 saturated heterocycles. The molecule has 3 rings (SSSR count). The van der Waals surface area contributed by atoms with Crippen LogP contribution in [0, 0.1) is 5.82 Å². The molecule has 24 heavy (non-hydrogen) atoms. The number of hydrogen-bond acceptors (Lipinski definition) is 3. The van der Waals surface area contributed by atoms with E-state index in [-0.39, 0.29) is 11.7 Å². The lowest BCUT2D eigenvalue weighted by Gasteiger charge is -2.04. The molecule has 3 nitrogen and oxygen atoms in total. The van der Waals surface area contributed by atoms with E-state index in [1.54, 1.807) is 12.1 Å². The fourth-order valence-electron chi connectivity index (χ4n) is 2.22. The van der Waals surface area contributed by atoms with Gasteiger partial charge < -0.3 is 5.32 Å². The maximum Gasteiger partial charge on any atom is 0.226 e. The Hall–Kier alpha value is -2.05. The van der Waals surface area contributed by atoms with Gasteiger partial charge in [-0.1, -0.05) is 34.1 Å². The number of halogens is 2. The van der Waals surface area contributed by atoms with Gasteiger partial charge in [0.25, 0.3) is 0 Å². The van der Waals surface area contributed by atoms with Gasteiger partial charge in [-0.25, -0.2) is 9.37 Å². The molecule has 1 aromatic heterocycles. The van der Waals surface area contributed by atoms with Crippen molar-refractivity contribution >= 4 is 38.3 Å². The number of carbonyl (C=O) groups is 1. The molecule has 0 bridgehead atoms. The van der Waals surface area contributed by atoms with E-state index in [0.717, 1.165) is 21.3 Å². The second-order valence-electron chi connectivity index (χ2n) is 5.18. The maximum absolute atomic E-state index is 13.0. The van der Waals surface area contributed by atoms with E-state index in [0.29, 0.717) is 18.0 Å². The molecule has 0 saturated carbocycles. The lowest BCUT2D eigenvalue weighted by molar-refractivity contribution is -0.116. The van der Waals surface area contributed by atoms with Crippen molar-refractivity contribution in [3.05, 3.63) is 69.8 Å². The molecule has 122 valence electrons. The molecule has 0 unspecified atom stereocenters. The van der Waals surface area contributed by atoms with E-state index in [1.165, 1.54) is 23.5 Å². The van der Waals surface area contributed by atoms with Crippen LogP contribution in [0.4, 0.5) is 9.52 Å². The van der Waals surface area contributed by atoms with Gasteiger partial charge in [0, 0.05) is 21.8 Å². The van der Waals surface area contributed by atoms with Crippen molar-refractivity contribution in [3.63, 3.8) is 0 Å². The van der Waals surface area contributed by atoms with Gasteiger partial charge in [-0.3, -0.25) is 4.79 Å². The Bertz CT molecular complexity index is 848. The fraction of sp³-hybridized carbons (Fsp3) is 0.111. The first-order valence-electron chi connectivity index (χ1n) is 7.36. The first kappa shape index (κ1) is 16.8. The van der Waals surface area contributed by atoms with E-state index in [2.05, 4.69) is 26.2 Å². The van der Waals surface area contributed by atoms with E-state index in [9.17, 15) is 9.18 Å². The van der Waals surface area contributed by atoms with Crippen LogP contribution < -0.4 is 5.32 Å². The Balaban J connectivity index is 1.59. The standard InChI is InChI=1S/C18H14BrFN2OS/c19-15-4-2-1-3-12(15)7-10-17(23)22-18-21-16(11-24-18)13-5-8-14(20)9-6-13/h1-6,8-9,11H,7,10H2,(H,21,22,23). The average molecular weight is 405 g/mol. The van der Waals surface area contributed by atoms with Crippen LogP contribution in [-0.2, 0) is 11.2 Å². The molecule has 1 heterocycles. The predicted molar refractivity (Wildman–Crippen MR) is 98.6 cm³/mol. The molecule has 6 heteroatoms. The van der Waals surface area contributed by atoms with Crippen LogP contribution in [0.1, 0.15) is 12.0 Å². The lowest BCUT2D eigenvalue weighted by Crippen LogP contribution is -2.12. The summed E-state index contributed by atoms with van der Waals surface area (Å²) in [6.07, 6.45) is 1.04. The summed E-state index contributed by atoms with van der Waals surface area (Å²) in [5, 5.41) is 5.20. The van der Waals surface area contributed by atoms with Gasteiger partial charge in [-0.05, 0) is 42.3 Å².